The summed E-state index contributed by atoms with van der Waals surface area (Å²) < 4.78 is 15.2. The van der Waals surface area contributed by atoms with Gasteiger partial charge in [-0.05, 0) is 26.0 Å². The van der Waals surface area contributed by atoms with Gasteiger partial charge in [-0.3, -0.25) is 4.68 Å². The molecule has 1 atom stereocenters. The van der Waals surface area contributed by atoms with Gasteiger partial charge in [-0.1, -0.05) is 12.1 Å². The lowest BCUT2D eigenvalue weighted by molar-refractivity contribution is 0.628. The van der Waals surface area contributed by atoms with Crippen LogP contribution in [0.3, 0.4) is 0 Å². The molecule has 2 aromatic heterocycles. The lowest BCUT2D eigenvalue weighted by Gasteiger charge is -2.13. The fourth-order valence-corrected chi connectivity index (χ4v) is 2.36. The zero-order chi connectivity index (χ0) is 16.4. The Labute approximate surface area is 133 Å². The molecular weight excluding hydrogens is 295 g/mol. The first-order valence-electron chi connectivity index (χ1n) is 7.25. The molecule has 0 spiro atoms. The number of aromatic nitrogens is 5. The van der Waals surface area contributed by atoms with E-state index in [1.165, 1.54) is 18.3 Å². The summed E-state index contributed by atoms with van der Waals surface area (Å²) in [4.78, 5) is 4.41. The van der Waals surface area contributed by atoms with Gasteiger partial charge in [-0.15, -0.1) is 5.10 Å². The summed E-state index contributed by atoms with van der Waals surface area (Å²) in [7, 11) is 1.90. The Kier molecular flexibility index (Phi) is 4.01. The zero-order valence-electron chi connectivity index (χ0n) is 13.2. The number of hydrogen-bond donors (Lipinski definition) is 1. The van der Waals surface area contributed by atoms with Gasteiger partial charge in [0.2, 0.25) is 5.95 Å². The molecule has 0 saturated heterocycles. The average molecular weight is 312 g/mol. The number of hydrogen-bond acceptors (Lipinski definition) is 5. The van der Waals surface area contributed by atoms with E-state index < -0.39 is 0 Å². The Balaban J connectivity index is 1.84. The highest BCUT2D eigenvalue weighted by Crippen LogP contribution is 2.21. The standard InChI is InChI=1S/C16H17FN6/c1-10(14-8-19-23(3)11(14)2)20-16-21-15(9-18-22-16)12-5-4-6-13(17)7-12/h4-10H,1-3H3,(H,20,21,22)/t10-/m0/s1. The van der Waals surface area contributed by atoms with Crippen molar-refractivity contribution in [3.8, 4) is 11.3 Å². The molecule has 0 unspecified atom stereocenters. The minimum Gasteiger partial charge on any atom is -0.346 e. The monoisotopic (exact) mass is 312 g/mol. The molecule has 3 aromatic rings. The molecule has 0 aliphatic carbocycles. The molecule has 23 heavy (non-hydrogen) atoms. The summed E-state index contributed by atoms with van der Waals surface area (Å²) in [6, 6.07) is 6.22. The van der Waals surface area contributed by atoms with Crippen LogP contribution in [0.5, 0.6) is 0 Å². The van der Waals surface area contributed by atoms with Crippen molar-refractivity contribution >= 4 is 5.95 Å². The molecule has 0 aliphatic heterocycles. The van der Waals surface area contributed by atoms with E-state index in [1.54, 1.807) is 12.1 Å². The number of aryl methyl sites for hydroxylation is 1. The quantitative estimate of drug-likeness (QED) is 0.802. The Morgan fingerprint density at radius 3 is 2.78 bits per heavy atom. The maximum atomic E-state index is 13.3. The molecule has 0 aliphatic rings. The number of halogens is 1. The molecule has 1 aromatic carbocycles. The predicted molar refractivity (Wildman–Crippen MR) is 85.2 cm³/mol. The summed E-state index contributed by atoms with van der Waals surface area (Å²) in [5.74, 6) is 0.0810. The predicted octanol–water partition coefficient (Wildman–Crippen LogP) is 2.89. The highest BCUT2D eigenvalue weighted by atomic mass is 19.1. The number of benzene rings is 1. The maximum Gasteiger partial charge on any atom is 0.243 e. The van der Waals surface area contributed by atoms with Crippen molar-refractivity contribution in [2.45, 2.75) is 19.9 Å². The van der Waals surface area contributed by atoms with Crippen molar-refractivity contribution in [2.24, 2.45) is 7.05 Å². The van der Waals surface area contributed by atoms with Gasteiger partial charge < -0.3 is 5.32 Å². The highest BCUT2D eigenvalue weighted by Gasteiger charge is 2.14. The number of anilines is 1. The minimum atomic E-state index is -0.310. The van der Waals surface area contributed by atoms with Crippen molar-refractivity contribution < 1.29 is 4.39 Å². The second kappa shape index (κ2) is 6.12. The third kappa shape index (κ3) is 3.18. The largest absolute Gasteiger partial charge is 0.346 e. The lowest BCUT2D eigenvalue weighted by atomic mass is 10.1. The van der Waals surface area contributed by atoms with Crippen molar-refractivity contribution in [1.29, 1.82) is 0 Å². The summed E-state index contributed by atoms with van der Waals surface area (Å²) in [6.45, 7) is 4.00. The summed E-state index contributed by atoms with van der Waals surface area (Å²) >= 11 is 0. The van der Waals surface area contributed by atoms with Gasteiger partial charge in [0.15, 0.2) is 0 Å². The SMILES string of the molecule is Cc1c([C@H](C)Nc2nncc(-c3cccc(F)c3)n2)cnn1C. The van der Waals surface area contributed by atoms with Crippen LogP contribution in [0.25, 0.3) is 11.3 Å². The molecular formula is C16H17FN6. The van der Waals surface area contributed by atoms with Gasteiger partial charge in [-0.2, -0.15) is 10.2 Å². The Bertz CT molecular complexity index is 829. The first-order chi connectivity index (χ1) is 11.0. The van der Waals surface area contributed by atoms with Gasteiger partial charge in [0, 0.05) is 23.9 Å². The van der Waals surface area contributed by atoms with E-state index >= 15 is 0 Å². The Morgan fingerprint density at radius 1 is 1.26 bits per heavy atom. The van der Waals surface area contributed by atoms with Crippen LogP contribution >= 0.6 is 0 Å². The van der Waals surface area contributed by atoms with Crippen molar-refractivity contribution in [3.05, 3.63) is 53.7 Å². The van der Waals surface area contributed by atoms with Crippen LogP contribution in [0, 0.1) is 12.7 Å². The Hall–Kier alpha value is -2.83. The molecule has 0 bridgehead atoms. The van der Waals surface area contributed by atoms with Crippen LogP contribution in [-0.4, -0.2) is 25.0 Å². The van der Waals surface area contributed by atoms with E-state index in [0.29, 0.717) is 17.2 Å². The van der Waals surface area contributed by atoms with Crippen LogP contribution in [-0.2, 0) is 7.05 Å². The van der Waals surface area contributed by atoms with E-state index in [-0.39, 0.29) is 11.9 Å². The lowest BCUT2D eigenvalue weighted by Crippen LogP contribution is -2.11. The maximum absolute atomic E-state index is 13.3. The van der Waals surface area contributed by atoms with Gasteiger partial charge in [0.1, 0.15) is 5.82 Å². The van der Waals surface area contributed by atoms with Gasteiger partial charge in [0.05, 0.1) is 24.1 Å². The number of nitrogens with zero attached hydrogens (tertiary/aromatic N) is 5. The van der Waals surface area contributed by atoms with E-state index in [9.17, 15) is 4.39 Å². The molecule has 7 heteroatoms. The fraction of sp³-hybridized carbons (Fsp3) is 0.250. The van der Waals surface area contributed by atoms with Crippen LogP contribution in [0.4, 0.5) is 10.3 Å². The molecule has 0 saturated carbocycles. The molecule has 6 nitrogen and oxygen atoms in total. The van der Waals surface area contributed by atoms with Crippen molar-refractivity contribution in [3.63, 3.8) is 0 Å². The van der Waals surface area contributed by atoms with Gasteiger partial charge in [0.25, 0.3) is 0 Å². The normalized spacial score (nSPS) is 12.2. The summed E-state index contributed by atoms with van der Waals surface area (Å²) in [6.07, 6.45) is 3.33. The van der Waals surface area contributed by atoms with E-state index in [0.717, 1.165) is 11.3 Å². The fourth-order valence-electron chi connectivity index (χ4n) is 2.36. The third-order valence-electron chi connectivity index (χ3n) is 3.76. The first-order valence-corrected chi connectivity index (χ1v) is 7.25. The van der Waals surface area contributed by atoms with Gasteiger partial charge in [-0.25, -0.2) is 9.37 Å². The van der Waals surface area contributed by atoms with Crippen molar-refractivity contribution in [1.82, 2.24) is 25.0 Å². The first kappa shape index (κ1) is 15.1. The molecule has 1 N–H and O–H groups in total. The molecule has 0 fully saturated rings. The van der Waals surface area contributed by atoms with E-state index in [4.69, 9.17) is 0 Å². The minimum absolute atomic E-state index is 0.0201. The van der Waals surface area contributed by atoms with E-state index in [1.807, 2.05) is 31.8 Å². The van der Waals surface area contributed by atoms with Crippen molar-refractivity contribution in [2.75, 3.05) is 5.32 Å². The van der Waals surface area contributed by atoms with Crippen LogP contribution < -0.4 is 5.32 Å². The second-order valence-electron chi connectivity index (χ2n) is 5.35. The van der Waals surface area contributed by atoms with Gasteiger partial charge >= 0.3 is 0 Å². The highest BCUT2D eigenvalue weighted by molar-refractivity contribution is 5.59. The third-order valence-corrected chi connectivity index (χ3v) is 3.76. The zero-order valence-corrected chi connectivity index (χ0v) is 13.2. The molecule has 0 radical (unpaired) electrons. The van der Waals surface area contributed by atoms with Crippen LogP contribution in [0.2, 0.25) is 0 Å². The van der Waals surface area contributed by atoms with Crippen LogP contribution in [0.1, 0.15) is 24.2 Å². The number of nitrogens with one attached hydrogen (secondary N) is 1. The summed E-state index contributed by atoms with van der Waals surface area (Å²) in [5, 5.41) is 15.4. The summed E-state index contributed by atoms with van der Waals surface area (Å²) in [5.41, 5.74) is 3.36. The molecule has 118 valence electrons. The topological polar surface area (TPSA) is 68.5 Å². The smallest absolute Gasteiger partial charge is 0.243 e. The van der Waals surface area contributed by atoms with E-state index in [2.05, 4.69) is 25.6 Å². The second-order valence-corrected chi connectivity index (χ2v) is 5.35. The molecule has 3 rings (SSSR count). The average Bonchev–Trinajstić information content (AvgIpc) is 2.87. The Morgan fingerprint density at radius 2 is 2.09 bits per heavy atom. The number of rotatable bonds is 4. The van der Waals surface area contributed by atoms with Crippen LogP contribution in [0.15, 0.2) is 36.7 Å². The molecule has 0 amide bonds. The molecule has 2 heterocycles.